The van der Waals surface area contributed by atoms with Crippen LogP contribution in [0.2, 0.25) is 0 Å². The normalized spacial score (nSPS) is 16.6. The highest BCUT2D eigenvalue weighted by molar-refractivity contribution is 5.94. The van der Waals surface area contributed by atoms with Crippen LogP contribution in [0.3, 0.4) is 0 Å². The zero-order chi connectivity index (χ0) is 18.8. The number of hydrogen-bond acceptors (Lipinski definition) is 2. The molecule has 0 atom stereocenters. The molecule has 2 aromatic carbocycles. The van der Waals surface area contributed by atoms with Gasteiger partial charge >= 0.3 is 0 Å². The summed E-state index contributed by atoms with van der Waals surface area (Å²) < 4.78 is 14.1. The molecular formula is C22H23FN2O2. The lowest BCUT2D eigenvalue weighted by molar-refractivity contribution is -0.128. The Morgan fingerprint density at radius 3 is 2.67 bits per heavy atom. The molecule has 2 aromatic rings. The van der Waals surface area contributed by atoms with Crippen LogP contribution in [0.25, 0.3) is 0 Å². The Morgan fingerprint density at radius 2 is 1.96 bits per heavy atom. The van der Waals surface area contributed by atoms with E-state index < -0.39 is 0 Å². The zero-order valence-corrected chi connectivity index (χ0v) is 15.2. The third-order valence-corrected chi connectivity index (χ3v) is 5.27. The van der Waals surface area contributed by atoms with Crippen molar-refractivity contribution < 1.29 is 14.0 Å². The van der Waals surface area contributed by atoms with Gasteiger partial charge in [-0.1, -0.05) is 30.3 Å². The molecular weight excluding hydrogens is 343 g/mol. The van der Waals surface area contributed by atoms with E-state index in [0.717, 1.165) is 31.4 Å². The topological polar surface area (TPSA) is 40.6 Å². The van der Waals surface area contributed by atoms with Gasteiger partial charge in [-0.2, -0.15) is 0 Å². The molecule has 27 heavy (non-hydrogen) atoms. The SMILES string of the molecule is O=C1CCCN1Cc1cccc(C(=O)N(Cc2ccccc2F)C2CC2)c1. The Labute approximate surface area is 158 Å². The van der Waals surface area contributed by atoms with Gasteiger partial charge in [-0.05, 0) is 43.0 Å². The van der Waals surface area contributed by atoms with Crippen molar-refractivity contribution in [1.29, 1.82) is 0 Å². The Balaban J connectivity index is 1.52. The van der Waals surface area contributed by atoms with Gasteiger partial charge in [-0.3, -0.25) is 9.59 Å². The first-order valence-corrected chi connectivity index (χ1v) is 9.53. The lowest BCUT2D eigenvalue weighted by atomic mass is 10.1. The van der Waals surface area contributed by atoms with E-state index in [9.17, 15) is 14.0 Å². The Morgan fingerprint density at radius 1 is 1.15 bits per heavy atom. The van der Waals surface area contributed by atoms with Crippen LogP contribution in [-0.4, -0.2) is 34.2 Å². The molecule has 0 aromatic heterocycles. The number of nitrogens with zero attached hydrogens (tertiary/aromatic N) is 2. The Hall–Kier alpha value is -2.69. The lowest BCUT2D eigenvalue weighted by Crippen LogP contribution is -2.33. The monoisotopic (exact) mass is 366 g/mol. The molecule has 0 bridgehead atoms. The minimum absolute atomic E-state index is 0.0737. The van der Waals surface area contributed by atoms with Crippen molar-refractivity contribution in [1.82, 2.24) is 9.80 Å². The highest BCUT2D eigenvalue weighted by Crippen LogP contribution is 2.30. The summed E-state index contributed by atoms with van der Waals surface area (Å²) >= 11 is 0. The number of hydrogen-bond donors (Lipinski definition) is 0. The molecule has 1 saturated carbocycles. The summed E-state index contributed by atoms with van der Waals surface area (Å²) in [6.07, 6.45) is 3.43. The van der Waals surface area contributed by atoms with Gasteiger partial charge in [0.2, 0.25) is 5.91 Å². The first-order chi connectivity index (χ1) is 13.1. The lowest BCUT2D eigenvalue weighted by Gasteiger charge is -2.23. The maximum Gasteiger partial charge on any atom is 0.254 e. The highest BCUT2D eigenvalue weighted by Gasteiger charge is 2.33. The third kappa shape index (κ3) is 4.02. The van der Waals surface area contributed by atoms with E-state index in [1.807, 2.05) is 23.1 Å². The van der Waals surface area contributed by atoms with Crippen LogP contribution in [-0.2, 0) is 17.9 Å². The first kappa shape index (κ1) is 17.7. The minimum atomic E-state index is -0.280. The number of halogens is 1. The van der Waals surface area contributed by atoms with Gasteiger partial charge in [-0.15, -0.1) is 0 Å². The van der Waals surface area contributed by atoms with Gasteiger partial charge in [0.05, 0.1) is 0 Å². The van der Waals surface area contributed by atoms with Gasteiger partial charge in [-0.25, -0.2) is 4.39 Å². The predicted molar refractivity (Wildman–Crippen MR) is 100 cm³/mol. The van der Waals surface area contributed by atoms with Crippen molar-refractivity contribution in [3.8, 4) is 0 Å². The molecule has 0 unspecified atom stereocenters. The molecule has 1 aliphatic carbocycles. The van der Waals surface area contributed by atoms with E-state index in [2.05, 4.69) is 0 Å². The summed E-state index contributed by atoms with van der Waals surface area (Å²) in [7, 11) is 0. The van der Waals surface area contributed by atoms with Gasteiger partial charge in [0, 0.05) is 43.2 Å². The predicted octanol–water partition coefficient (Wildman–Crippen LogP) is 3.75. The molecule has 1 saturated heterocycles. The summed E-state index contributed by atoms with van der Waals surface area (Å²) in [5, 5.41) is 0. The van der Waals surface area contributed by atoms with Crippen LogP contribution in [0.15, 0.2) is 48.5 Å². The summed E-state index contributed by atoms with van der Waals surface area (Å²) in [4.78, 5) is 28.6. The van der Waals surface area contributed by atoms with E-state index in [-0.39, 0.29) is 30.2 Å². The van der Waals surface area contributed by atoms with Crippen molar-refractivity contribution in [2.75, 3.05) is 6.54 Å². The summed E-state index contributed by atoms with van der Waals surface area (Å²) in [5.74, 6) is -0.182. The fraction of sp³-hybridized carbons (Fsp3) is 0.364. The number of amides is 2. The van der Waals surface area contributed by atoms with Crippen LogP contribution in [0, 0.1) is 5.82 Å². The van der Waals surface area contributed by atoms with E-state index in [1.54, 1.807) is 29.2 Å². The molecule has 1 aliphatic heterocycles. The van der Waals surface area contributed by atoms with Gasteiger partial charge < -0.3 is 9.80 Å². The molecule has 4 nitrogen and oxygen atoms in total. The van der Waals surface area contributed by atoms with Gasteiger partial charge in [0.1, 0.15) is 5.82 Å². The third-order valence-electron chi connectivity index (χ3n) is 5.27. The fourth-order valence-corrected chi connectivity index (χ4v) is 3.62. The zero-order valence-electron chi connectivity index (χ0n) is 15.2. The molecule has 2 fully saturated rings. The number of rotatable bonds is 6. The van der Waals surface area contributed by atoms with Crippen LogP contribution in [0.4, 0.5) is 4.39 Å². The largest absolute Gasteiger partial charge is 0.338 e. The van der Waals surface area contributed by atoms with Crippen LogP contribution in [0.1, 0.15) is 47.2 Å². The molecule has 0 spiro atoms. The fourth-order valence-electron chi connectivity index (χ4n) is 3.62. The maximum atomic E-state index is 14.1. The molecule has 0 N–H and O–H groups in total. The number of carbonyl (C=O) groups is 2. The van der Waals surface area contributed by atoms with Crippen LogP contribution in [0.5, 0.6) is 0 Å². The highest BCUT2D eigenvalue weighted by atomic mass is 19.1. The van der Waals surface area contributed by atoms with Crippen molar-refractivity contribution in [2.24, 2.45) is 0 Å². The second kappa shape index (κ2) is 7.51. The smallest absolute Gasteiger partial charge is 0.254 e. The van der Waals surface area contributed by atoms with Gasteiger partial charge in [0.25, 0.3) is 5.91 Å². The molecule has 1 heterocycles. The first-order valence-electron chi connectivity index (χ1n) is 9.53. The maximum absolute atomic E-state index is 14.1. The Kier molecular flexibility index (Phi) is 4.92. The standard InChI is InChI=1S/C22H23FN2O2/c23-20-8-2-1-6-18(20)15-25(19-10-11-19)22(27)17-7-3-5-16(13-17)14-24-12-4-9-21(24)26/h1-3,5-8,13,19H,4,9-12,14-15H2. The molecule has 2 aliphatic rings. The number of carbonyl (C=O) groups excluding carboxylic acids is 2. The molecule has 0 radical (unpaired) electrons. The molecule has 4 rings (SSSR count). The summed E-state index contributed by atoms with van der Waals surface area (Å²) in [6, 6.07) is 14.3. The van der Waals surface area contributed by atoms with Crippen LogP contribution < -0.4 is 0 Å². The second-order valence-electron chi connectivity index (χ2n) is 7.37. The van der Waals surface area contributed by atoms with Crippen molar-refractivity contribution in [3.05, 3.63) is 71.0 Å². The minimum Gasteiger partial charge on any atom is -0.338 e. The molecule has 5 heteroatoms. The molecule has 140 valence electrons. The quantitative estimate of drug-likeness (QED) is 0.781. The second-order valence-corrected chi connectivity index (χ2v) is 7.37. The summed E-state index contributed by atoms with van der Waals surface area (Å²) in [6.45, 7) is 1.60. The van der Waals surface area contributed by atoms with Crippen molar-refractivity contribution in [3.63, 3.8) is 0 Å². The van der Waals surface area contributed by atoms with E-state index >= 15 is 0 Å². The summed E-state index contributed by atoms with van der Waals surface area (Å²) in [5.41, 5.74) is 2.09. The van der Waals surface area contributed by atoms with E-state index in [4.69, 9.17) is 0 Å². The number of likely N-dealkylation sites (tertiary alicyclic amines) is 1. The van der Waals surface area contributed by atoms with E-state index in [0.29, 0.717) is 24.1 Å². The van der Waals surface area contributed by atoms with Crippen molar-refractivity contribution >= 4 is 11.8 Å². The number of benzene rings is 2. The average Bonchev–Trinajstić information content (AvgIpc) is 3.44. The Bertz CT molecular complexity index is 863. The van der Waals surface area contributed by atoms with Crippen molar-refractivity contribution in [2.45, 2.75) is 44.8 Å². The van der Waals surface area contributed by atoms with Crippen LogP contribution >= 0.6 is 0 Å². The van der Waals surface area contributed by atoms with Gasteiger partial charge in [0.15, 0.2) is 0 Å². The average molecular weight is 366 g/mol. The van der Waals surface area contributed by atoms with E-state index in [1.165, 1.54) is 6.07 Å². The molecule has 2 amide bonds.